The number of halogens is 1. The van der Waals surface area contributed by atoms with Crippen LogP contribution >= 0.6 is 24.0 Å². The number of guanidine groups is 1. The van der Waals surface area contributed by atoms with E-state index in [0.29, 0.717) is 6.10 Å². The fraction of sp³-hybridized carbons (Fsp3) is 0.733. The zero-order valence-corrected chi connectivity index (χ0v) is 16.2. The van der Waals surface area contributed by atoms with Crippen LogP contribution in [0, 0.1) is 0 Å². The van der Waals surface area contributed by atoms with Gasteiger partial charge >= 0.3 is 0 Å². The van der Waals surface area contributed by atoms with Crippen LogP contribution in [0.1, 0.15) is 33.6 Å². The number of rotatable bonds is 10. The first kappa shape index (κ1) is 21.2. The highest BCUT2D eigenvalue weighted by Gasteiger charge is 1.98. The number of hydrogen-bond donors (Lipinski definition) is 2. The van der Waals surface area contributed by atoms with Crippen LogP contribution in [-0.2, 0) is 11.3 Å². The van der Waals surface area contributed by atoms with Crippen molar-refractivity contribution in [1.82, 2.24) is 20.4 Å². The molecule has 1 rings (SSSR count). The minimum Gasteiger partial charge on any atom is -0.379 e. The van der Waals surface area contributed by atoms with Crippen molar-refractivity contribution in [2.75, 3.05) is 26.2 Å². The average Bonchev–Trinajstić information content (AvgIpc) is 2.96. The molecule has 128 valence electrons. The van der Waals surface area contributed by atoms with Gasteiger partial charge in [0.15, 0.2) is 5.96 Å². The first-order valence-corrected chi connectivity index (χ1v) is 7.83. The molecule has 22 heavy (non-hydrogen) atoms. The van der Waals surface area contributed by atoms with Crippen LogP contribution in [0.5, 0.6) is 0 Å². The van der Waals surface area contributed by atoms with Gasteiger partial charge < -0.3 is 15.4 Å². The predicted octanol–water partition coefficient (Wildman–Crippen LogP) is 2.26. The number of ether oxygens (including phenoxy) is 1. The standard InChI is InChI=1S/C15H29N5O.HI/c1-4-16-15(18-9-7-13-21-14(2)3)17-8-5-11-20-12-6-10-19-20;/h6,10,12,14H,4-5,7-9,11,13H2,1-3H3,(H2,16,17,18);1H. The molecule has 0 radical (unpaired) electrons. The van der Waals surface area contributed by atoms with Crippen molar-refractivity contribution in [3.05, 3.63) is 18.5 Å². The average molecular weight is 423 g/mol. The van der Waals surface area contributed by atoms with Gasteiger partial charge in [-0.05, 0) is 39.7 Å². The molecule has 0 unspecified atom stereocenters. The van der Waals surface area contributed by atoms with Crippen molar-refractivity contribution >= 4 is 29.9 Å². The number of hydrogen-bond acceptors (Lipinski definition) is 3. The molecule has 7 heteroatoms. The number of aliphatic imine (C=N–C) groups is 1. The number of aryl methyl sites for hydroxylation is 1. The molecule has 0 spiro atoms. The zero-order chi connectivity index (χ0) is 15.3. The van der Waals surface area contributed by atoms with Crippen molar-refractivity contribution in [1.29, 1.82) is 0 Å². The van der Waals surface area contributed by atoms with Gasteiger partial charge in [-0.15, -0.1) is 24.0 Å². The van der Waals surface area contributed by atoms with E-state index < -0.39 is 0 Å². The van der Waals surface area contributed by atoms with E-state index in [-0.39, 0.29) is 24.0 Å². The van der Waals surface area contributed by atoms with Crippen LogP contribution in [0.4, 0.5) is 0 Å². The van der Waals surface area contributed by atoms with Crippen LogP contribution in [0.3, 0.4) is 0 Å². The molecule has 0 aliphatic carbocycles. The Morgan fingerprint density at radius 2 is 2.14 bits per heavy atom. The molecule has 1 aromatic heterocycles. The monoisotopic (exact) mass is 423 g/mol. The smallest absolute Gasteiger partial charge is 0.191 e. The Bertz CT molecular complexity index is 381. The summed E-state index contributed by atoms with van der Waals surface area (Å²) in [6, 6.07) is 1.94. The molecule has 1 heterocycles. The lowest BCUT2D eigenvalue weighted by Crippen LogP contribution is -2.38. The maximum Gasteiger partial charge on any atom is 0.191 e. The number of nitrogens with one attached hydrogen (secondary N) is 2. The topological polar surface area (TPSA) is 63.5 Å². The second-order valence-electron chi connectivity index (χ2n) is 5.08. The van der Waals surface area contributed by atoms with Crippen molar-refractivity contribution in [2.45, 2.75) is 46.3 Å². The second kappa shape index (κ2) is 13.8. The van der Waals surface area contributed by atoms with Crippen LogP contribution < -0.4 is 10.6 Å². The lowest BCUT2D eigenvalue weighted by Gasteiger charge is -2.12. The third-order valence-corrected chi connectivity index (χ3v) is 2.78. The van der Waals surface area contributed by atoms with Crippen molar-refractivity contribution < 1.29 is 4.74 Å². The Hall–Kier alpha value is -0.830. The Labute approximate surface area is 151 Å². The molecule has 0 bridgehead atoms. The SMILES string of the molecule is CCNC(=NCCCn1cccn1)NCCCOC(C)C.I. The molecule has 0 saturated carbocycles. The molecule has 0 saturated heterocycles. The molecule has 0 amide bonds. The summed E-state index contributed by atoms with van der Waals surface area (Å²) in [5.74, 6) is 0.877. The van der Waals surface area contributed by atoms with Gasteiger partial charge in [-0.1, -0.05) is 0 Å². The summed E-state index contributed by atoms with van der Waals surface area (Å²) in [5, 5.41) is 10.8. The van der Waals surface area contributed by atoms with E-state index in [2.05, 4.69) is 41.5 Å². The Kier molecular flexibility index (Phi) is 13.3. The van der Waals surface area contributed by atoms with E-state index in [1.54, 1.807) is 6.20 Å². The molecule has 0 fully saturated rings. The highest BCUT2D eigenvalue weighted by molar-refractivity contribution is 14.0. The normalized spacial score (nSPS) is 11.4. The van der Waals surface area contributed by atoms with E-state index in [0.717, 1.165) is 51.6 Å². The number of aromatic nitrogens is 2. The lowest BCUT2D eigenvalue weighted by atomic mass is 10.4. The van der Waals surface area contributed by atoms with Crippen molar-refractivity contribution in [2.24, 2.45) is 4.99 Å². The summed E-state index contributed by atoms with van der Waals surface area (Å²) in [7, 11) is 0. The second-order valence-corrected chi connectivity index (χ2v) is 5.08. The minimum absolute atomic E-state index is 0. The first-order valence-electron chi connectivity index (χ1n) is 7.83. The van der Waals surface area contributed by atoms with E-state index >= 15 is 0 Å². The maximum absolute atomic E-state index is 5.51. The van der Waals surface area contributed by atoms with E-state index in [9.17, 15) is 0 Å². The predicted molar refractivity (Wildman–Crippen MR) is 102 cm³/mol. The summed E-state index contributed by atoms with van der Waals surface area (Å²) in [6.45, 7) is 10.4. The van der Waals surface area contributed by atoms with Gasteiger partial charge in [0, 0.05) is 45.2 Å². The Morgan fingerprint density at radius 3 is 2.77 bits per heavy atom. The largest absolute Gasteiger partial charge is 0.379 e. The highest BCUT2D eigenvalue weighted by Crippen LogP contribution is 1.91. The van der Waals surface area contributed by atoms with E-state index in [4.69, 9.17) is 4.74 Å². The molecule has 6 nitrogen and oxygen atoms in total. The third-order valence-electron chi connectivity index (χ3n) is 2.78. The van der Waals surface area contributed by atoms with E-state index in [1.807, 2.05) is 16.9 Å². The fourth-order valence-corrected chi connectivity index (χ4v) is 1.80. The van der Waals surface area contributed by atoms with Crippen LogP contribution in [0.2, 0.25) is 0 Å². The zero-order valence-electron chi connectivity index (χ0n) is 13.9. The molecule has 1 aromatic rings. The molecule has 2 N–H and O–H groups in total. The highest BCUT2D eigenvalue weighted by atomic mass is 127. The van der Waals surface area contributed by atoms with Crippen molar-refractivity contribution in [3.8, 4) is 0 Å². The quantitative estimate of drug-likeness (QED) is 0.262. The van der Waals surface area contributed by atoms with Crippen molar-refractivity contribution in [3.63, 3.8) is 0 Å². The maximum atomic E-state index is 5.51. The van der Waals surface area contributed by atoms with Crippen LogP contribution in [0.15, 0.2) is 23.5 Å². The summed E-state index contributed by atoms with van der Waals surface area (Å²) in [4.78, 5) is 4.56. The van der Waals surface area contributed by atoms with Gasteiger partial charge in [-0.25, -0.2) is 0 Å². The van der Waals surface area contributed by atoms with Gasteiger partial charge in [0.05, 0.1) is 6.10 Å². The molecule has 0 atom stereocenters. The first-order chi connectivity index (χ1) is 10.2. The minimum atomic E-state index is 0. The van der Waals surface area contributed by atoms with Gasteiger partial charge in [0.2, 0.25) is 0 Å². The summed E-state index contributed by atoms with van der Waals surface area (Å²) in [5.41, 5.74) is 0. The van der Waals surface area contributed by atoms with Gasteiger partial charge in [-0.2, -0.15) is 5.10 Å². The van der Waals surface area contributed by atoms with Gasteiger partial charge in [-0.3, -0.25) is 9.67 Å². The fourth-order valence-electron chi connectivity index (χ4n) is 1.80. The molecule has 0 aliphatic rings. The van der Waals surface area contributed by atoms with Gasteiger partial charge in [0.1, 0.15) is 0 Å². The molecular formula is C15H30IN5O. The van der Waals surface area contributed by atoms with Crippen LogP contribution in [0.25, 0.3) is 0 Å². The molecule has 0 aliphatic heterocycles. The molecule has 0 aromatic carbocycles. The number of nitrogens with zero attached hydrogens (tertiary/aromatic N) is 3. The summed E-state index contributed by atoms with van der Waals surface area (Å²) < 4.78 is 7.44. The summed E-state index contributed by atoms with van der Waals surface area (Å²) in [6.07, 6.45) is 6.04. The molecular weight excluding hydrogens is 393 g/mol. The lowest BCUT2D eigenvalue weighted by molar-refractivity contribution is 0.0776. The Balaban J connectivity index is 0.00000441. The Morgan fingerprint density at radius 1 is 1.32 bits per heavy atom. The van der Waals surface area contributed by atoms with Gasteiger partial charge in [0.25, 0.3) is 0 Å². The third kappa shape index (κ3) is 10.8. The van der Waals surface area contributed by atoms with Crippen LogP contribution in [-0.4, -0.2) is 48.1 Å². The van der Waals surface area contributed by atoms with E-state index in [1.165, 1.54) is 0 Å². The summed E-state index contributed by atoms with van der Waals surface area (Å²) >= 11 is 0.